The first-order valence-electron chi connectivity index (χ1n) is 6.45. The fourth-order valence-corrected chi connectivity index (χ4v) is 1.82. The summed E-state index contributed by atoms with van der Waals surface area (Å²) in [5, 5.41) is 19.6. The molecule has 0 aliphatic heterocycles. The Hall–Kier alpha value is -2.28. The summed E-state index contributed by atoms with van der Waals surface area (Å²) >= 11 is 0. The quantitative estimate of drug-likeness (QED) is 0.706. The highest BCUT2D eigenvalue weighted by atomic mass is 16.1. The molecule has 0 saturated carbocycles. The minimum atomic E-state index is -0.0430. The van der Waals surface area contributed by atoms with Crippen LogP contribution in [0.1, 0.15) is 12.5 Å². The van der Waals surface area contributed by atoms with E-state index in [2.05, 4.69) is 31.3 Å². The van der Waals surface area contributed by atoms with E-state index < -0.39 is 0 Å². The first kappa shape index (κ1) is 14.1. The van der Waals surface area contributed by atoms with Gasteiger partial charge in [-0.3, -0.25) is 4.79 Å². The average Bonchev–Trinajstić information content (AvgIpc) is 2.99. The van der Waals surface area contributed by atoms with Gasteiger partial charge in [-0.25, -0.2) is 0 Å². The highest BCUT2D eigenvalue weighted by Gasteiger charge is 2.11. The van der Waals surface area contributed by atoms with Crippen molar-refractivity contribution >= 4 is 5.91 Å². The molecule has 0 fully saturated rings. The van der Waals surface area contributed by atoms with Crippen molar-refractivity contribution in [1.29, 1.82) is 0 Å². The van der Waals surface area contributed by atoms with Crippen molar-refractivity contribution in [3.63, 3.8) is 0 Å². The molecule has 1 amide bonds. The normalized spacial score (nSPS) is 12.1. The van der Waals surface area contributed by atoms with Gasteiger partial charge in [0.15, 0.2) is 0 Å². The molecule has 7 heteroatoms. The molecule has 2 aromatic rings. The Morgan fingerprint density at radius 3 is 2.70 bits per heavy atom. The average molecular weight is 274 g/mol. The van der Waals surface area contributed by atoms with E-state index in [-0.39, 0.29) is 11.8 Å². The van der Waals surface area contributed by atoms with Crippen molar-refractivity contribution in [1.82, 2.24) is 31.3 Å². The fourth-order valence-electron chi connectivity index (χ4n) is 1.82. The van der Waals surface area contributed by atoms with Crippen LogP contribution >= 0.6 is 0 Å². The Kier molecular flexibility index (Phi) is 4.78. The van der Waals surface area contributed by atoms with E-state index in [1.165, 1.54) is 0 Å². The fraction of sp³-hybridized carbons (Fsp3) is 0.385. The van der Waals surface area contributed by atoms with Crippen LogP contribution in [0, 0.1) is 5.92 Å². The Morgan fingerprint density at radius 2 is 2.10 bits per heavy atom. The molecule has 0 saturated heterocycles. The van der Waals surface area contributed by atoms with Gasteiger partial charge in [0, 0.05) is 24.6 Å². The number of hydrogen-bond donors (Lipinski definition) is 3. The van der Waals surface area contributed by atoms with Crippen molar-refractivity contribution in [3.05, 3.63) is 29.8 Å². The summed E-state index contributed by atoms with van der Waals surface area (Å²) < 4.78 is 0. The molecule has 0 aliphatic rings. The van der Waals surface area contributed by atoms with Gasteiger partial charge in [-0.2, -0.15) is 5.21 Å². The van der Waals surface area contributed by atoms with Crippen molar-refractivity contribution in [3.8, 4) is 11.4 Å². The molecule has 0 spiro atoms. The lowest BCUT2D eigenvalue weighted by molar-refractivity contribution is -0.124. The minimum absolute atomic E-state index is 0.0430. The number of hydrogen-bond acceptors (Lipinski definition) is 5. The molecule has 1 atom stereocenters. The zero-order valence-electron chi connectivity index (χ0n) is 11.6. The van der Waals surface area contributed by atoms with Gasteiger partial charge in [-0.15, -0.1) is 10.2 Å². The van der Waals surface area contributed by atoms with Crippen molar-refractivity contribution in [2.24, 2.45) is 5.92 Å². The number of aromatic nitrogens is 4. The van der Waals surface area contributed by atoms with Crippen LogP contribution in [0.4, 0.5) is 0 Å². The molecule has 0 radical (unpaired) electrons. The lowest BCUT2D eigenvalue weighted by Crippen LogP contribution is -2.33. The van der Waals surface area contributed by atoms with Crippen LogP contribution in [0.15, 0.2) is 24.3 Å². The number of carbonyl (C=O) groups excluding carboxylic acids is 1. The van der Waals surface area contributed by atoms with E-state index in [1.54, 1.807) is 0 Å². The predicted molar refractivity (Wildman–Crippen MR) is 74.6 cm³/mol. The number of carbonyl (C=O) groups is 1. The first-order valence-corrected chi connectivity index (χ1v) is 6.45. The minimum Gasteiger partial charge on any atom is -0.352 e. The van der Waals surface area contributed by atoms with Gasteiger partial charge in [0.05, 0.1) is 0 Å². The third-order valence-electron chi connectivity index (χ3n) is 2.98. The molecule has 106 valence electrons. The van der Waals surface area contributed by atoms with Gasteiger partial charge in [0.2, 0.25) is 11.7 Å². The molecule has 1 aromatic heterocycles. The highest BCUT2D eigenvalue weighted by Crippen LogP contribution is 2.13. The van der Waals surface area contributed by atoms with Gasteiger partial charge in [0.1, 0.15) is 0 Å². The molecular formula is C13H18N6O. The van der Waals surface area contributed by atoms with Crippen LogP contribution in [0.25, 0.3) is 11.4 Å². The van der Waals surface area contributed by atoms with Gasteiger partial charge < -0.3 is 10.6 Å². The number of nitrogens with zero attached hydrogens (tertiary/aromatic N) is 3. The Morgan fingerprint density at radius 1 is 1.35 bits per heavy atom. The van der Waals surface area contributed by atoms with E-state index in [4.69, 9.17) is 0 Å². The second kappa shape index (κ2) is 6.76. The summed E-state index contributed by atoms with van der Waals surface area (Å²) in [4.78, 5) is 11.8. The van der Waals surface area contributed by atoms with Crippen molar-refractivity contribution in [2.75, 3.05) is 13.6 Å². The molecule has 2 rings (SSSR count). The predicted octanol–water partition coefficient (Wildman–Crippen LogP) is 0.338. The second-order valence-corrected chi connectivity index (χ2v) is 4.61. The maximum absolute atomic E-state index is 11.8. The highest BCUT2D eigenvalue weighted by molar-refractivity contribution is 5.78. The molecule has 1 aromatic carbocycles. The zero-order chi connectivity index (χ0) is 14.4. The standard InChI is InChI=1S/C13H18N6O/c1-9(7-14-2)13(20)15-8-10-3-5-11(6-4-10)12-16-18-19-17-12/h3-6,9,14H,7-8H2,1-2H3,(H,15,20)(H,16,17,18,19). The second-order valence-electron chi connectivity index (χ2n) is 4.61. The molecule has 1 heterocycles. The molecule has 0 bridgehead atoms. The molecule has 7 nitrogen and oxygen atoms in total. The SMILES string of the molecule is CNCC(C)C(=O)NCc1ccc(-c2nn[nH]n2)cc1. The third-order valence-corrected chi connectivity index (χ3v) is 2.98. The number of benzene rings is 1. The number of tetrazole rings is 1. The third kappa shape index (κ3) is 3.61. The summed E-state index contributed by atoms with van der Waals surface area (Å²) in [5.74, 6) is 0.559. The lowest BCUT2D eigenvalue weighted by atomic mass is 10.1. The van der Waals surface area contributed by atoms with Gasteiger partial charge in [-0.05, 0) is 17.8 Å². The summed E-state index contributed by atoms with van der Waals surface area (Å²) in [6.07, 6.45) is 0. The van der Waals surface area contributed by atoms with Gasteiger partial charge >= 0.3 is 0 Å². The lowest BCUT2D eigenvalue weighted by Gasteiger charge is -2.11. The summed E-state index contributed by atoms with van der Waals surface area (Å²) in [6.45, 7) is 3.08. The largest absolute Gasteiger partial charge is 0.352 e. The molecule has 0 aliphatic carbocycles. The number of nitrogens with one attached hydrogen (secondary N) is 3. The van der Waals surface area contributed by atoms with Crippen LogP contribution in [-0.2, 0) is 11.3 Å². The maximum atomic E-state index is 11.8. The maximum Gasteiger partial charge on any atom is 0.224 e. The number of rotatable bonds is 6. The smallest absolute Gasteiger partial charge is 0.224 e. The Labute approximate surface area is 117 Å². The number of H-pyrrole nitrogens is 1. The van der Waals surface area contributed by atoms with Crippen LogP contribution in [0.5, 0.6) is 0 Å². The Bertz CT molecular complexity index is 536. The van der Waals surface area contributed by atoms with Crippen molar-refractivity contribution < 1.29 is 4.79 Å². The van der Waals surface area contributed by atoms with E-state index in [0.29, 0.717) is 18.9 Å². The summed E-state index contributed by atoms with van der Waals surface area (Å²) in [6, 6.07) is 7.69. The molecule has 20 heavy (non-hydrogen) atoms. The summed E-state index contributed by atoms with van der Waals surface area (Å²) in [7, 11) is 1.83. The summed E-state index contributed by atoms with van der Waals surface area (Å²) in [5.41, 5.74) is 1.92. The van der Waals surface area contributed by atoms with Crippen molar-refractivity contribution in [2.45, 2.75) is 13.5 Å². The molecule has 1 unspecified atom stereocenters. The monoisotopic (exact) mass is 274 g/mol. The Balaban J connectivity index is 1.90. The first-order chi connectivity index (χ1) is 9.70. The van der Waals surface area contributed by atoms with Crippen LogP contribution in [0.3, 0.4) is 0 Å². The molecular weight excluding hydrogens is 256 g/mol. The molecule has 3 N–H and O–H groups in total. The van der Waals surface area contributed by atoms with E-state index in [9.17, 15) is 4.79 Å². The number of aromatic amines is 1. The number of amides is 1. The van der Waals surface area contributed by atoms with E-state index in [0.717, 1.165) is 11.1 Å². The van der Waals surface area contributed by atoms with Gasteiger partial charge in [0.25, 0.3) is 0 Å². The van der Waals surface area contributed by atoms with Crippen LogP contribution in [0.2, 0.25) is 0 Å². The zero-order valence-corrected chi connectivity index (χ0v) is 11.6. The van der Waals surface area contributed by atoms with Crippen LogP contribution < -0.4 is 10.6 Å². The van der Waals surface area contributed by atoms with E-state index in [1.807, 2.05) is 38.2 Å². The van der Waals surface area contributed by atoms with Gasteiger partial charge in [-0.1, -0.05) is 31.2 Å². The topological polar surface area (TPSA) is 95.6 Å². The van der Waals surface area contributed by atoms with E-state index >= 15 is 0 Å². The van der Waals surface area contributed by atoms with Crippen LogP contribution in [-0.4, -0.2) is 40.1 Å².